The number of sulfone groups is 1. The maximum absolute atomic E-state index is 12.1. The third kappa shape index (κ3) is 3.47. The topological polar surface area (TPSA) is 88.2 Å². The smallest absolute Gasteiger partial charge is 0.270 e. The first kappa shape index (κ1) is 14.8. The summed E-state index contributed by atoms with van der Waals surface area (Å²) in [7, 11) is -3.04. The van der Waals surface area contributed by atoms with Gasteiger partial charge in [0.1, 0.15) is 5.69 Å². The molecule has 7 heteroatoms. The quantitative estimate of drug-likeness (QED) is 0.859. The Hall–Kier alpha value is -1.63. The summed E-state index contributed by atoms with van der Waals surface area (Å²) in [5.74, 6) is -0.231. The number of carbonyl (C=O) groups excluding carboxylic acids is 1. The van der Waals surface area contributed by atoms with Crippen LogP contribution in [0.2, 0.25) is 0 Å². The average Bonchev–Trinajstić information content (AvgIpc) is 2.64. The molecule has 1 aromatic rings. The summed E-state index contributed by atoms with van der Waals surface area (Å²) < 4.78 is 23.0. The second kappa shape index (κ2) is 5.40. The van der Waals surface area contributed by atoms with Gasteiger partial charge in [-0.2, -0.15) is 0 Å². The molecule has 1 aliphatic heterocycles. The predicted molar refractivity (Wildman–Crippen MR) is 77.5 cm³/mol. The lowest BCUT2D eigenvalue weighted by Gasteiger charge is -2.23. The third-order valence-corrected chi connectivity index (χ3v) is 5.20. The van der Waals surface area contributed by atoms with E-state index in [0.29, 0.717) is 6.42 Å². The van der Waals surface area contributed by atoms with Crippen molar-refractivity contribution in [3.05, 3.63) is 24.0 Å². The number of hydrogen-bond donors (Lipinski definition) is 2. The van der Waals surface area contributed by atoms with Crippen LogP contribution >= 0.6 is 0 Å². The molecule has 2 rings (SSSR count). The van der Waals surface area contributed by atoms with Crippen molar-refractivity contribution in [3.63, 3.8) is 0 Å². The predicted octanol–water partition coefficient (Wildman–Crippen LogP) is 0.820. The number of aromatic nitrogens is 1. The molecule has 1 atom stereocenters. The molecule has 1 saturated heterocycles. The van der Waals surface area contributed by atoms with Gasteiger partial charge in [-0.3, -0.25) is 4.79 Å². The largest absolute Gasteiger partial charge is 0.384 e. The monoisotopic (exact) mass is 297 g/mol. The summed E-state index contributed by atoms with van der Waals surface area (Å²) >= 11 is 0. The normalized spacial score (nSPS) is 24.3. The molecule has 20 heavy (non-hydrogen) atoms. The summed E-state index contributed by atoms with van der Waals surface area (Å²) in [4.78, 5) is 16.2. The van der Waals surface area contributed by atoms with Crippen LogP contribution < -0.4 is 10.6 Å². The molecule has 1 unspecified atom stereocenters. The fourth-order valence-electron chi connectivity index (χ4n) is 2.28. The van der Waals surface area contributed by atoms with Crippen molar-refractivity contribution in [1.82, 2.24) is 10.3 Å². The minimum atomic E-state index is -3.04. The van der Waals surface area contributed by atoms with Crippen LogP contribution in [-0.2, 0) is 9.84 Å². The van der Waals surface area contributed by atoms with Gasteiger partial charge < -0.3 is 10.6 Å². The van der Waals surface area contributed by atoms with Crippen molar-refractivity contribution < 1.29 is 13.2 Å². The molecule has 1 aromatic heterocycles. The van der Waals surface area contributed by atoms with Crippen LogP contribution in [0.25, 0.3) is 0 Å². The Morgan fingerprint density at radius 2 is 2.20 bits per heavy atom. The highest BCUT2D eigenvalue weighted by molar-refractivity contribution is 7.91. The lowest BCUT2D eigenvalue weighted by Crippen LogP contribution is -2.47. The molecule has 110 valence electrons. The van der Waals surface area contributed by atoms with E-state index < -0.39 is 15.4 Å². The minimum Gasteiger partial charge on any atom is -0.384 e. The molecule has 0 aromatic carbocycles. The standard InChI is InChI=1S/C13H19N3O3S/c1-3-14-10-4-5-11(15-8-10)12(17)16-13(2)6-7-20(18,19)9-13/h4-5,8,14H,3,6-7,9H2,1-2H3,(H,16,17). The van der Waals surface area contributed by atoms with Crippen LogP contribution in [0.5, 0.6) is 0 Å². The highest BCUT2D eigenvalue weighted by Gasteiger charge is 2.39. The molecule has 0 saturated carbocycles. The van der Waals surface area contributed by atoms with Crippen LogP contribution in [-0.4, -0.2) is 42.9 Å². The van der Waals surface area contributed by atoms with E-state index in [2.05, 4.69) is 15.6 Å². The van der Waals surface area contributed by atoms with E-state index in [-0.39, 0.29) is 23.1 Å². The van der Waals surface area contributed by atoms with Gasteiger partial charge in [-0.1, -0.05) is 0 Å². The number of nitrogens with zero attached hydrogens (tertiary/aromatic N) is 1. The second-order valence-corrected chi connectivity index (χ2v) is 7.50. The molecule has 0 bridgehead atoms. The molecule has 1 amide bonds. The molecule has 0 radical (unpaired) electrons. The van der Waals surface area contributed by atoms with Crippen LogP contribution in [0.15, 0.2) is 18.3 Å². The van der Waals surface area contributed by atoms with E-state index in [9.17, 15) is 13.2 Å². The molecule has 2 N–H and O–H groups in total. The van der Waals surface area contributed by atoms with Crippen molar-refractivity contribution in [2.24, 2.45) is 0 Å². The Morgan fingerprint density at radius 1 is 1.45 bits per heavy atom. The second-order valence-electron chi connectivity index (χ2n) is 5.32. The van der Waals surface area contributed by atoms with Crippen molar-refractivity contribution in [2.75, 3.05) is 23.4 Å². The number of hydrogen-bond acceptors (Lipinski definition) is 5. The fourth-order valence-corrected chi connectivity index (χ4v) is 4.38. The van der Waals surface area contributed by atoms with Crippen LogP contribution in [0.1, 0.15) is 30.8 Å². The number of carbonyl (C=O) groups is 1. The zero-order valence-corrected chi connectivity index (χ0v) is 12.5. The summed E-state index contributed by atoms with van der Waals surface area (Å²) in [5, 5.41) is 5.87. The molecule has 0 aliphatic carbocycles. The minimum absolute atomic E-state index is 0.0127. The highest BCUT2D eigenvalue weighted by Crippen LogP contribution is 2.23. The Bertz CT molecular complexity index is 598. The summed E-state index contributed by atoms with van der Waals surface area (Å²) in [6.07, 6.45) is 2.03. The van der Waals surface area contributed by atoms with Crippen molar-refractivity contribution >= 4 is 21.4 Å². The Balaban J connectivity index is 2.05. The SMILES string of the molecule is CCNc1ccc(C(=O)NC2(C)CCS(=O)(=O)C2)nc1. The molecule has 0 spiro atoms. The number of amides is 1. The molecule has 2 heterocycles. The Morgan fingerprint density at radius 3 is 2.70 bits per heavy atom. The van der Waals surface area contributed by atoms with Gasteiger partial charge in [-0.25, -0.2) is 13.4 Å². The van der Waals surface area contributed by atoms with Crippen molar-refractivity contribution in [3.8, 4) is 0 Å². The van der Waals surface area contributed by atoms with Gasteiger partial charge >= 0.3 is 0 Å². The van der Waals surface area contributed by atoms with Gasteiger partial charge in [0.15, 0.2) is 9.84 Å². The third-order valence-electron chi connectivity index (χ3n) is 3.30. The summed E-state index contributed by atoms with van der Waals surface area (Å²) in [6.45, 7) is 4.51. The van der Waals surface area contributed by atoms with E-state index in [1.807, 2.05) is 6.92 Å². The number of nitrogens with one attached hydrogen (secondary N) is 2. The van der Waals surface area contributed by atoms with E-state index in [0.717, 1.165) is 12.2 Å². The van der Waals surface area contributed by atoms with Gasteiger partial charge in [0.25, 0.3) is 5.91 Å². The maximum Gasteiger partial charge on any atom is 0.270 e. The van der Waals surface area contributed by atoms with E-state index >= 15 is 0 Å². The maximum atomic E-state index is 12.1. The first-order chi connectivity index (χ1) is 9.34. The lowest BCUT2D eigenvalue weighted by molar-refractivity contribution is 0.0910. The van der Waals surface area contributed by atoms with Crippen molar-refractivity contribution in [1.29, 1.82) is 0 Å². The number of rotatable bonds is 4. The van der Waals surface area contributed by atoms with Gasteiger partial charge in [-0.15, -0.1) is 0 Å². The highest BCUT2D eigenvalue weighted by atomic mass is 32.2. The molecule has 1 fully saturated rings. The van der Waals surface area contributed by atoms with Crippen LogP contribution in [0, 0.1) is 0 Å². The Kier molecular flexibility index (Phi) is 3.99. The van der Waals surface area contributed by atoms with Crippen molar-refractivity contribution in [2.45, 2.75) is 25.8 Å². The number of anilines is 1. The Labute approximate surface area is 118 Å². The average molecular weight is 297 g/mol. The van der Waals surface area contributed by atoms with Gasteiger partial charge in [0.2, 0.25) is 0 Å². The van der Waals surface area contributed by atoms with E-state index in [1.165, 1.54) is 0 Å². The summed E-state index contributed by atoms with van der Waals surface area (Å²) in [5.41, 5.74) is 0.439. The van der Waals surface area contributed by atoms with Gasteiger partial charge in [-0.05, 0) is 32.4 Å². The fraction of sp³-hybridized carbons (Fsp3) is 0.538. The zero-order valence-electron chi connectivity index (χ0n) is 11.6. The van der Waals surface area contributed by atoms with Crippen LogP contribution in [0.4, 0.5) is 5.69 Å². The first-order valence-corrected chi connectivity index (χ1v) is 8.39. The summed E-state index contributed by atoms with van der Waals surface area (Å²) in [6, 6.07) is 3.40. The first-order valence-electron chi connectivity index (χ1n) is 6.56. The molecule has 6 nitrogen and oxygen atoms in total. The van der Waals surface area contributed by atoms with E-state index in [1.54, 1.807) is 25.3 Å². The molecular weight excluding hydrogens is 278 g/mol. The van der Waals surface area contributed by atoms with Crippen LogP contribution in [0.3, 0.4) is 0 Å². The molecular formula is C13H19N3O3S. The van der Waals surface area contributed by atoms with Gasteiger partial charge in [0.05, 0.1) is 28.9 Å². The van der Waals surface area contributed by atoms with E-state index in [4.69, 9.17) is 0 Å². The zero-order chi connectivity index (χ0) is 14.8. The lowest BCUT2D eigenvalue weighted by atomic mass is 10.0. The molecule has 1 aliphatic rings. The number of pyridine rings is 1. The van der Waals surface area contributed by atoms with Gasteiger partial charge in [0, 0.05) is 6.54 Å².